The van der Waals surface area contributed by atoms with Gasteiger partial charge in [-0.1, -0.05) is 23.4 Å². The van der Waals surface area contributed by atoms with Crippen LogP contribution < -0.4 is 9.47 Å². The second kappa shape index (κ2) is 10.5. The third-order valence-electron chi connectivity index (χ3n) is 4.70. The van der Waals surface area contributed by atoms with E-state index in [2.05, 4.69) is 10.2 Å². The molecule has 0 aliphatic heterocycles. The Bertz CT molecular complexity index is 1010. The molecule has 7 nitrogen and oxygen atoms in total. The molecule has 0 radical (unpaired) electrons. The average molecular weight is 461 g/mol. The minimum Gasteiger partial charge on any atom is -0.497 e. The summed E-state index contributed by atoms with van der Waals surface area (Å²) in [7, 11) is 5.29. The number of aromatic nitrogens is 3. The van der Waals surface area contributed by atoms with E-state index in [-0.39, 0.29) is 11.2 Å². The third kappa shape index (κ3) is 5.92. The van der Waals surface area contributed by atoms with E-state index in [9.17, 15) is 4.79 Å². The summed E-state index contributed by atoms with van der Waals surface area (Å²) < 4.78 is 12.8. The van der Waals surface area contributed by atoms with Crippen molar-refractivity contribution >= 4 is 29.3 Å². The van der Waals surface area contributed by atoms with E-state index >= 15 is 0 Å². The lowest BCUT2D eigenvalue weighted by molar-refractivity contribution is -0.129. The Morgan fingerprint density at radius 2 is 1.77 bits per heavy atom. The lowest BCUT2D eigenvalue weighted by Crippen LogP contribution is -2.36. The number of nitrogens with zero attached hydrogens (tertiary/aromatic N) is 4. The van der Waals surface area contributed by atoms with Crippen LogP contribution in [0.5, 0.6) is 11.5 Å². The van der Waals surface area contributed by atoms with Gasteiger partial charge in [0.1, 0.15) is 18.1 Å². The molecule has 164 valence electrons. The fourth-order valence-electron chi connectivity index (χ4n) is 2.87. The molecule has 0 fully saturated rings. The van der Waals surface area contributed by atoms with Crippen LogP contribution in [0.25, 0.3) is 11.4 Å². The molecule has 1 amide bonds. The van der Waals surface area contributed by atoms with Crippen molar-refractivity contribution in [2.45, 2.75) is 17.3 Å². The highest BCUT2D eigenvalue weighted by Gasteiger charge is 2.22. The fourth-order valence-corrected chi connectivity index (χ4v) is 3.92. The van der Waals surface area contributed by atoms with Gasteiger partial charge in [0.25, 0.3) is 0 Å². The van der Waals surface area contributed by atoms with E-state index in [4.69, 9.17) is 21.1 Å². The Morgan fingerprint density at radius 3 is 2.42 bits per heavy atom. The molecule has 1 heterocycles. The number of carbonyl (C=O) groups excluding carboxylic acids is 1. The van der Waals surface area contributed by atoms with Gasteiger partial charge in [-0.15, -0.1) is 10.2 Å². The zero-order chi connectivity index (χ0) is 22.4. The van der Waals surface area contributed by atoms with Crippen molar-refractivity contribution in [3.63, 3.8) is 0 Å². The molecular formula is C22H25ClN4O3S. The number of likely N-dealkylation sites (N-methyl/N-ethyl adjacent to an activating group) is 1. The summed E-state index contributed by atoms with van der Waals surface area (Å²) in [5, 5.41) is 9.57. The minimum absolute atomic E-state index is 0.00120. The van der Waals surface area contributed by atoms with Gasteiger partial charge in [-0.05, 0) is 55.5 Å². The van der Waals surface area contributed by atoms with Gasteiger partial charge < -0.3 is 18.9 Å². The molecule has 31 heavy (non-hydrogen) atoms. The van der Waals surface area contributed by atoms with Crippen LogP contribution >= 0.6 is 23.4 Å². The summed E-state index contributed by atoms with van der Waals surface area (Å²) in [6.45, 7) is 2.74. The van der Waals surface area contributed by atoms with Gasteiger partial charge >= 0.3 is 0 Å². The number of amides is 1. The van der Waals surface area contributed by atoms with Gasteiger partial charge in [-0.3, -0.25) is 4.79 Å². The van der Waals surface area contributed by atoms with Crippen LogP contribution in [0.2, 0.25) is 5.02 Å². The second-order valence-corrected chi connectivity index (χ2v) is 8.66. The number of ether oxygens (including phenoxy) is 2. The number of hydrogen-bond acceptors (Lipinski definition) is 6. The fraction of sp³-hybridized carbons (Fsp3) is 0.318. The molecule has 9 heteroatoms. The Hall–Kier alpha value is -2.71. The Labute approximate surface area is 191 Å². The molecule has 2 aromatic carbocycles. The summed E-state index contributed by atoms with van der Waals surface area (Å²) in [6, 6.07) is 14.8. The van der Waals surface area contributed by atoms with E-state index in [1.807, 2.05) is 42.8 Å². The topological polar surface area (TPSA) is 69.5 Å². The highest BCUT2D eigenvalue weighted by molar-refractivity contribution is 8.00. The molecular weight excluding hydrogens is 436 g/mol. The van der Waals surface area contributed by atoms with E-state index in [0.29, 0.717) is 23.3 Å². The number of hydrogen-bond donors (Lipinski definition) is 0. The van der Waals surface area contributed by atoms with Crippen molar-refractivity contribution in [1.82, 2.24) is 19.7 Å². The van der Waals surface area contributed by atoms with E-state index in [1.54, 1.807) is 43.3 Å². The number of halogens is 1. The van der Waals surface area contributed by atoms with Crippen molar-refractivity contribution in [3.8, 4) is 22.9 Å². The largest absolute Gasteiger partial charge is 0.497 e. The number of thioether (sulfide) groups is 1. The van der Waals surface area contributed by atoms with Gasteiger partial charge in [0.05, 0.1) is 18.9 Å². The Kier molecular flexibility index (Phi) is 7.81. The van der Waals surface area contributed by atoms with Crippen LogP contribution in [0.3, 0.4) is 0 Å². The van der Waals surface area contributed by atoms with Crippen molar-refractivity contribution in [2.24, 2.45) is 7.05 Å². The van der Waals surface area contributed by atoms with E-state index in [1.165, 1.54) is 11.8 Å². The summed E-state index contributed by atoms with van der Waals surface area (Å²) >= 11 is 7.25. The average Bonchev–Trinajstić information content (AvgIpc) is 3.14. The second-order valence-electron chi connectivity index (χ2n) is 6.92. The lowest BCUT2D eigenvalue weighted by atomic mass is 10.2. The van der Waals surface area contributed by atoms with Crippen molar-refractivity contribution < 1.29 is 14.3 Å². The van der Waals surface area contributed by atoms with Gasteiger partial charge in [0.2, 0.25) is 5.91 Å². The molecule has 1 atom stereocenters. The summed E-state index contributed by atoms with van der Waals surface area (Å²) in [5.74, 6) is 2.23. The highest BCUT2D eigenvalue weighted by Crippen LogP contribution is 2.27. The smallest absolute Gasteiger partial charge is 0.235 e. The Balaban J connectivity index is 1.55. The van der Waals surface area contributed by atoms with E-state index in [0.717, 1.165) is 22.9 Å². The summed E-state index contributed by atoms with van der Waals surface area (Å²) in [5.41, 5.74) is 0.929. The molecule has 0 spiro atoms. The van der Waals surface area contributed by atoms with Gasteiger partial charge in [-0.25, -0.2) is 0 Å². The van der Waals surface area contributed by atoms with Crippen LogP contribution in [-0.4, -0.2) is 58.1 Å². The SMILES string of the molecule is COc1ccc(-c2nnc(SC(C)C(=O)N(C)CCOc3ccc(Cl)cc3)n2C)cc1. The molecule has 0 N–H and O–H groups in total. The minimum atomic E-state index is -0.313. The third-order valence-corrected chi connectivity index (χ3v) is 6.07. The predicted octanol–water partition coefficient (Wildman–Crippen LogP) is 4.16. The van der Waals surface area contributed by atoms with Crippen molar-refractivity contribution in [1.29, 1.82) is 0 Å². The van der Waals surface area contributed by atoms with Crippen LogP contribution in [0, 0.1) is 0 Å². The first-order chi connectivity index (χ1) is 14.9. The molecule has 0 aliphatic carbocycles. The molecule has 0 aliphatic rings. The van der Waals surface area contributed by atoms with Crippen LogP contribution in [0.1, 0.15) is 6.92 Å². The monoisotopic (exact) mass is 460 g/mol. The Morgan fingerprint density at radius 1 is 1.13 bits per heavy atom. The van der Waals surface area contributed by atoms with E-state index < -0.39 is 0 Å². The number of carbonyl (C=O) groups is 1. The first-order valence-corrected chi connectivity index (χ1v) is 11.0. The number of rotatable bonds is 9. The molecule has 1 unspecified atom stereocenters. The maximum absolute atomic E-state index is 12.8. The van der Waals surface area contributed by atoms with Gasteiger partial charge in [0, 0.05) is 24.7 Å². The maximum Gasteiger partial charge on any atom is 0.235 e. The van der Waals surface area contributed by atoms with Crippen molar-refractivity contribution in [3.05, 3.63) is 53.6 Å². The standard InChI is InChI=1S/C22H25ClN4O3S/c1-15(21(28)26(2)13-14-30-19-11-7-17(23)8-12-19)31-22-25-24-20(27(22)3)16-5-9-18(29-4)10-6-16/h5-12,15H,13-14H2,1-4H3. The first-order valence-electron chi connectivity index (χ1n) is 9.73. The quantitative estimate of drug-likeness (QED) is 0.446. The van der Waals surface area contributed by atoms with Gasteiger partial charge in [0.15, 0.2) is 11.0 Å². The van der Waals surface area contributed by atoms with Crippen LogP contribution in [0.4, 0.5) is 0 Å². The predicted molar refractivity (Wildman–Crippen MR) is 123 cm³/mol. The first kappa shape index (κ1) is 23.0. The zero-order valence-corrected chi connectivity index (χ0v) is 19.5. The van der Waals surface area contributed by atoms with Gasteiger partial charge in [-0.2, -0.15) is 0 Å². The molecule has 3 aromatic rings. The molecule has 0 saturated heterocycles. The molecule has 1 aromatic heterocycles. The highest BCUT2D eigenvalue weighted by atomic mass is 35.5. The normalized spacial score (nSPS) is 11.8. The molecule has 3 rings (SSSR count). The number of methoxy groups -OCH3 is 1. The molecule has 0 bridgehead atoms. The van der Waals surface area contributed by atoms with Crippen LogP contribution in [-0.2, 0) is 11.8 Å². The van der Waals surface area contributed by atoms with Crippen molar-refractivity contribution in [2.75, 3.05) is 27.3 Å². The maximum atomic E-state index is 12.8. The molecule has 0 saturated carbocycles. The van der Waals surface area contributed by atoms with Crippen LogP contribution in [0.15, 0.2) is 53.7 Å². The lowest BCUT2D eigenvalue weighted by Gasteiger charge is -2.21. The zero-order valence-electron chi connectivity index (χ0n) is 17.9. The number of benzene rings is 2. The summed E-state index contributed by atoms with van der Waals surface area (Å²) in [6.07, 6.45) is 0. The summed E-state index contributed by atoms with van der Waals surface area (Å²) in [4.78, 5) is 14.4.